The SMILES string of the molecule is O=C(NC(CN1CCCCC1)c1ccccc1)[C@H]1CCCC[C@@H]1c1ccc(CN(C(=O)N2CCCC2)c2ccccc2)cc1. The van der Waals surface area contributed by atoms with Crippen molar-refractivity contribution < 1.29 is 9.59 Å². The average molecular weight is 593 g/mol. The van der Waals surface area contributed by atoms with Gasteiger partial charge in [0.15, 0.2) is 0 Å². The van der Waals surface area contributed by atoms with Crippen molar-refractivity contribution in [3.63, 3.8) is 0 Å². The number of carbonyl (C=O) groups excluding carboxylic acids is 2. The van der Waals surface area contributed by atoms with E-state index in [0.29, 0.717) is 6.54 Å². The van der Waals surface area contributed by atoms with E-state index >= 15 is 0 Å². The van der Waals surface area contributed by atoms with E-state index in [4.69, 9.17) is 0 Å². The van der Waals surface area contributed by atoms with Gasteiger partial charge in [-0.05, 0) is 86.4 Å². The van der Waals surface area contributed by atoms with Crippen LogP contribution in [0.3, 0.4) is 0 Å². The molecule has 0 radical (unpaired) electrons. The normalized spacial score (nSPS) is 21.5. The molecule has 2 heterocycles. The number of carbonyl (C=O) groups is 2. The Balaban J connectivity index is 1.16. The number of benzene rings is 3. The van der Waals surface area contributed by atoms with E-state index in [1.165, 1.54) is 30.4 Å². The molecule has 3 fully saturated rings. The number of nitrogens with one attached hydrogen (secondary N) is 1. The molecule has 6 rings (SSSR count). The van der Waals surface area contributed by atoms with Crippen LogP contribution in [0, 0.1) is 5.92 Å². The Labute approximate surface area is 263 Å². The van der Waals surface area contributed by atoms with Crippen molar-refractivity contribution >= 4 is 17.6 Å². The Morgan fingerprint density at radius 2 is 1.36 bits per heavy atom. The number of likely N-dealkylation sites (tertiary alicyclic amines) is 2. The van der Waals surface area contributed by atoms with Crippen LogP contribution >= 0.6 is 0 Å². The van der Waals surface area contributed by atoms with Crippen molar-refractivity contribution in [2.24, 2.45) is 5.92 Å². The molecule has 1 aliphatic carbocycles. The maximum absolute atomic E-state index is 14.0. The molecule has 232 valence electrons. The van der Waals surface area contributed by atoms with Crippen molar-refractivity contribution in [2.45, 2.75) is 76.3 Å². The lowest BCUT2D eigenvalue weighted by atomic mass is 9.74. The minimum absolute atomic E-state index is 0.00358. The molecule has 2 saturated heterocycles. The van der Waals surface area contributed by atoms with E-state index in [1.54, 1.807) is 0 Å². The minimum Gasteiger partial charge on any atom is -0.348 e. The summed E-state index contributed by atoms with van der Waals surface area (Å²) in [6.45, 7) is 5.29. The Kier molecular flexibility index (Phi) is 10.3. The molecule has 1 saturated carbocycles. The lowest BCUT2D eigenvalue weighted by Crippen LogP contribution is -2.43. The molecule has 3 aromatic carbocycles. The smallest absolute Gasteiger partial charge is 0.324 e. The number of urea groups is 1. The maximum Gasteiger partial charge on any atom is 0.324 e. The number of anilines is 1. The summed E-state index contributed by atoms with van der Waals surface area (Å²) in [6, 6.07) is 29.3. The fourth-order valence-electron chi connectivity index (χ4n) is 7.45. The van der Waals surface area contributed by atoms with Gasteiger partial charge in [0.1, 0.15) is 0 Å². The maximum atomic E-state index is 14.0. The van der Waals surface area contributed by atoms with Gasteiger partial charge in [0.2, 0.25) is 5.91 Å². The Bertz CT molecular complexity index is 1330. The van der Waals surface area contributed by atoms with Gasteiger partial charge in [0.05, 0.1) is 12.6 Å². The van der Waals surface area contributed by atoms with E-state index in [2.05, 4.69) is 58.7 Å². The summed E-state index contributed by atoms with van der Waals surface area (Å²) in [5.74, 6) is 0.372. The van der Waals surface area contributed by atoms with Gasteiger partial charge >= 0.3 is 6.03 Å². The van der Waals surface area contributed by atoms with Crippen LogP contribution in [0.1, 0.15) is 86.4 Å². The second-order valence-corrected chi connectivity index (χ2v) is 13.0. The first-order valence-electron chi connectivity index (χ1n) is 16.9. The molecular weight excluding hydrogens is 544 g/mol. The van der Waals surface area contributed by atoms with Crippen LogP contribution in [0.5, 0.6) is 0 Å². The van der Waals surface area contributed by atoms with Gasteiger partial charge in [-0.2, -0.15) is 0 Å². The third-order valence-corrected chi connectivity index (χ3v) is 9.93. The van der Waals surface area contributed by atoms with Gasteiger partial charge < -0.3 is 15.1 Å². The van der Waals surface area contributed by atoms with Gasteiger partial charge in [-0.25, -0.2) is 4.79 Å². The van der Waals surface area contributed by atoms with Crippen molar-refractivity contribution in [1.29, 1.82) is 0 Å². The average Bonchev–Trinajstić information content (AvgIpc) is 3.64. The zero-order valence-electron chi connectivity index (χ0n) is 26.1. The topological polar surface area (TPSA) is 55.9 Å². The standard InChI is InChI=1S/C38H48N4O2/c43-37(39-36(32-14-4-1-5-15-32)29-40-24-10-3-11-25-40)35-19-9-8-18-34(35)31-22-20-30(21-23-31)28-42(33-16-6-2-7-17-33)38(44)41-26-12-13-27-41/h1-2,4-7,14-17,20-23,34-36H,3,8-13,18-19,24-29H2,(H,39,43)/t34-,35+,36?/m1/s1. The molecule has 0 bridgehead atoms. The molecule has 6 nitrogen and oxygen atoms in total. The molecule has 2 aliphatic heterocycles. The monoisotopic (exact) mass is 592 g/mol. The quantitative estimate of drug-likeness (QED) is 0.280. The summed E-state index contributed by atoms with van der Waals surface area (Å²) in [5.41, 5.74) is 4.45. The lowest BCUT2D eigenvalue weighted by Gasteiger charge is -2.35. The number of rotatable bonds is 9. The highest BCUT2D eigenvalue weighted by molar-refractivity contribution is 5.92. The molecular formula is C38H48N4O2. The molecule has 3 aliphatic rings. The predicted octanol–water partition coefficient (Wildman–Crippen LogP) is 7.53. The van der Waals surface area contributed by atoms with E-state index in [0.717, 1.165) is 82.5 Å². The molecule has 6 heteroatoms. The number of para-hydroxylation sites is 1. The van der Waals surface area contributed by atoms with Crippen LogP contribution in [0.15, 0.2) is 84.9 Å². The molecule has 44 heavy (non-hydrogen) atoms. The second kappa shape index (κ2) is 14.9. The van der Waals surface area contributed by atoms with Gasteiger partial charge in [0, 0.05) is 31.2 Å². The van der Waals surface area contributed by atoms with E-state index < -0.39 is 0 Å². The fourth-order valence-corrected chi connectivity index (χ4v) is 7.45. The van der Waals surface area contributed by atoms with Gasteiger partial charge in [-0.3, -0.25) is 9.69 Å². The number of amides is 3. The first-order valence-corrected chi connectivity index (χ1v) is 16.9. The van der Waals surface area contributed by atoms with Gasteiger partial charge in [-0.1, -0.05) is 92.1 Å². The van der Waals surface area contributed by atoms with Crippen molar-refractivity contribution in [1.82, 2.24) is 15.1 Å². The molecule has 0 aromatic heterocycles. The summed E-state index contributed by atoms with van der Waals surface area (Å²) in [7, 11) is 0. The van der Waals surface area contributed by atoms with Crippen LogP contribution in [-0.2, 0) is 11.3 Å². The van der Waals surface area contributed by atoms with Crippen molar-refractivity contribution in [3.8, 4) is 0 Å². The van der Waals surface area contributed by atoms with Crippen LogP contribution in [-0.4, -0.2) is 54.5 Å². The Hall–Kier alpha value is -3.64. The first-order chi connectivity index (χ1) is 21.7. The zero-order chi connectivity index (χ0) is 30.1. The molecule has 1 unspecified atom stereocenters. The summed E-state index contributed by atoms with van der Waals surface area (Å²) in [6.07, 6.45) is 10.1. The van der Waals surface area contributed by atoms with Crippen LogP contribution in [0.25, 0.3) is 0 Å². The zero-order valence-corrected chi connectivity index (χ0v) is 26.1. The largest absolute Gasteiger partial charge is 0.348 e. The predicted molar refractivity (Wildman–Crippen MR) is 178 cm³/mol. The third kappa shape index (κ3) is 7.52. The Morgan fingerprint density at radius 1 is 0.727 bits per heavy atom. The third-order valence-electron chi connectivity index (χ3n) is 9.93. The lowest BCUT2D eigenvalue weighted by molar-refractivity contribution is -0.127. The summed E-state index contributed by atoms with van der Waals surface area (Å²) < 4.78 is 0. The highest BCUT2D eigenvalue weighted by atomic mass is 16.2. The fraction of sp³-hybridized carbons (Fsp3) is 0.474. The van der Waals surface area contributed by atoms with Gasteiger partial charge in [-0.15, -0.1) is 0 Å². The molecule has 3 atom stereocenters. The first kappa shape index (κ1) is 30.4. The molecule has 1 N–H and O–H groups in total. The van der Waals surface area contributed by atoms with Gasteiger partial charge in [0.25, 0.3) is 0 Å². The Morgan fingerprint density at radius 3 is 2.07 bits per heavy atom. The van der Waals surface area contributed by atoms with E-state index in [9.17, 15) is 9.59 Å². The summed E-state index contributed by atoms with van der Waals surface area (Å²) in [4.78, 5) is 33.9. The molecule has 0 spiro atoms. The van der Waals surface area contributed by atoms with Crippen LogP contribution < -0.4 is 10.2 Å². The summed E-state index contributed by atoms with van der Waals surface area (Å²) >= 11 is 0. The van der Waals surface area contributed by atoms with Crippen LogP contribution in [0.4, 0.5) is 10.5 Å². The molecule has 3 aromatic rings. The summed E-state index contributed by atoms with van der Waals surface area (Å²) in [5, 5.41) is 3.52. The van der Waals surface area contributed by atoms with Crippen LogP contribution in [0.2, 0.25) is 0 Å². The second-order valence-electron chi connectivity index (χ2n) is 13.0. The highest BCUT2D eigenvalue weighted by Gasteiger charge is 2.34. The number of piperidine rings is 1. The number of nitrogens with zero attached hydrogens (tertiary/aromatic N) is 3. The number of hydrogen-bond donors (Lipinski definition) is 1. The number of hydrogen-bond acceptors (Lipinski definition) is 3. The van der Waals surface area contributed by atoms with E-state index in [1.807, 2.05) is 46.2 Å². The molecule has 3 amide bonds. The van der Waals surface area contributed by atoms with E-state index in [-0.39, 0.29) is 29.8 Å². The highest BCUT2D eigenvalue weighted by Crippen LogP contribution is 2.38. The van der Waals surface area contributed by atoms with Crippen molar-refractivity contribution in [3.05, 3.63) is 102 Å². The van der Waals surface area contributed by atoms with Crippen molar-refractivity contribution in [2.75, 3.05) is 37.6 Å². The minimum atomic E-state index is -0.0280.